The van der Waals surface area contributed by atoms with Crippen molar-refractivity contribution in [2.24, 2.45) is 0 Å². The van der Waals surface area contributed by atoms with E-state index >= 15 is 0 Å². The molecule has 1 aliphatic carbocycles. The van der Waals surface area contributed by atoms with Gasteiger partial charge in [-0.15, -0.1) is 11.3 Å². The molecule has 0 amide bonds. The highest BCUT2D eigenvalue weighted by atomic mass is 79.9. The number of carbonyl (C=O) groups excluding carboxylic acids is 1. The van der Waals surface area contributed by atoms with Gasteiger partial charge in [0.05, 0.1) is 22.3 Å². The minimum Gasteiger partial charge on any atom is -0.494 e. The molecule has 0 fully saturated rings. The van der Waals surface area contributed by atoms with Crippen molar-refractivity contribution in [3.05, 3.63) is 85.8 Å². The fourth-order valence-electron chi connectivity index (χ4n) is 3.41. The first kappa shape index (κ1) is 19.1. The molecule has 3 nitrogen and oxygen atoms in total. The fraction of sp³-hybridized carbons (Fsp3) is 0.217. The zero-order chi connectivity index (χ0) is 19.5. The molecule has 0 aliphatic heterocycles. The number of ketones is 1. The summed E-state index contributed by atoms with van der Waals surface area (Å²) in [5.74, 6) is 0.732. The number of hydrogen-bond acceptors (Lipinski definition) is 4. The molecule has 0 saturated carbocycles. The van der Waals surface area contributed by atoms with Crippen molar-refractivity contribution < 1.29 is 9.53 Å². The van der Waals surface area contributed by atoms with Crippen LogP contribution in [-0.4, -0.2) is 17.4 Å². The number of aromatic nitrogens is 1. The van der Waals surface area contributed by atoms with Gasteiger partial charge in [-0.2, -0.15) is 0 Å². The van der Waals surface area contributed by atoms with E-state index in [9.17, 15) is 4.79 Å². The highest BCUT2D eigenvalue weighted by Gasteiger charge is 2.31. The van der Waals surface area contributed by atoms with E-state index in [1.165, 1.54) is 5.56 Å². The summed E-state index contributed by atoms with van der Waals surface area (Å²) in [4.78, 5) is 18.3. The van der Waals surface area contributed by atoms with Gasteiger partial charge < -0.3 is 4.74 Å². The van der Waals surface area contributed by atoms with E-state index in [-0.39, 0.29) is 5.78 Å². The number of fused-ring (bicyclic) bond motifs is 1. The number of carbonyl (C=O) groups is 1. The van der Waals surface area contributed by atoms with Crippen LogP contribution in [-0.2, 0) is 6.42 Å². The van der Waals surface area contributed by atoms with Crippen LogP contribution in [0.25, 0.3) is 5.57 Å². The zero-order valence-electron chi connectivity index (χ0n) is 15.6. The quantitative estimate of drug-likeness (QED) is 0.399. The van der Waals surface area contributed by atoms with E-state index in [1.807, 2.05) is 36.7 Å². The lowest BCUT2D eigenvalue weighted by atomic mass is 10.0. The Kier molecular flexibility index (Phi) is 5.74. The van der Waals surface area contributed by atoms with Crippen LogP contribution in [0.2, 0.25) is 0 Å². The second kappa shape index (κ2) is 8.41. The van der Waals surface area contributed by atoms with Gasteiger partial charge in [0, 0.05) is 16.0 Å². The molecular formula is C23H20BrNO2S. The monoisotopic (exact) mass is 453 g/mol. The van der Waals surface area contributed by atoms with Gasteiger partial charge in [0.15, 0.2) is 0 Å². The van der Waals surface area contributed by atoms with E-state index in [0.717, 1.165) is 46.7 Å². The Morgan fingerprint density at radius 2 is 1.89 bits per heavy atom. The lowest BCUT2D eigenvalue weighted by Gasteiger charge is -2.09. The Morgan fingerprint density at radius 1 is 1.07 bits per heavy atom. The van der Waals surface area contributed by atoms with Crippen LogP contribution in [0.15, 0.2) is 58.5 Å². The first-order chi connectivity index (χ1) is 13.6. The number of thiazole rings is 1. The van der Waals surface area contributed by atoms with Gasteiger partial charge in [-0.05, 0) is 71.4 Å². The molecule has 142 valence electrons. The lowest BCUT2D eigenvalue weighted by molar-refractivity contribution is 0.104. The molecule has 28 heavy (non-hydrogen) atoms. The molecule has 0 radical (unpaired) electrons. The number of aryl methyl sites for hydroxylation is 2. The number of Topliss-reactive ketones (excluding diaryl/α,β-unsaturated/α-hetero) is 1. The van der Waals surface area contributed by atoms with Crippen molar-refractivity contribution in [2.75, 3.05) is 6.61 Å². The maximum atomic E-state index is 12.7. The van der Waals surface area contributed by atoms with Crippen LogP contribution in [0, 0.1) is 6.92 Å². The molecule has 2 aromatic carbocycles. The number of ether oxygens (including phenoxy) is 1. The van der Waals surface area contributed by atoms with E-state index in [4.69, 9.17) is 4.74 Å². The Morgan fingerprint density at radius 3 is 2.64 bits per heavy atom. The highest BCUT2D eigenvalue weighted by molar-refractivity contribution is 9.12. The second-order valence-corrected chi connectivity index (χ2v) is 8.63. The van der Waals surface area contributed by atoms with Crippen LogP contribution in [0.4, 0.5) is 0 Å². The van der Waals surface area contributed by atoms with Crippen molar-refractivity contribution in [3.8, 4) is 5.75 Å². The molecule has 0 bridgehead atoms. The van der Waals surface area contributed by atoms with E-state index in [2.05, 4.69) is 45.2 Å². The number of rotatable bonds is 7. The molecule has 3 aromatic rings. The van der Waals surface area contributed by atoms with Crippen LogP contribution in [0.5, 0.6) is 5.75 Å². The SMILES string of the molecule is Cc1scnc1C1=C(Br)C(=O)c2cc(OCCCCc3ccccc3)ccc21. The molecule has 5 heteroatoms. The number of hydrogen-bond donors (Lipinski definition) is 0. The Bertz CT molecular complexity index is 1040. The molecule has 4 rings (SSSR count). The maximum Gasteiger partial charge on any atom is 0.201 e. The predicted molar refractivity (Wildman–Crippen MR) is 117 cm³/mol. The third-order valence-corrected chi connectivity index (χ3v) is 6.39. The van der Waals surface area contributed by atoms with Crippen LogP contribution < -0.4 is 4.74 Å². The molecule has 1 aromatic heterocycles. The zero-order valence-corrected chi connectivity index (χ0v) is 18.0. The van der Waals surface area contributed by atoms with Gasteiger partial charge in [0.25, 0.3) is 0 Å². The minimum atomic E-state index is -0.00747. The molecular weight excluding hydrogens is 434 g/mol. The molecule has 0 N–H and O–H groups in total. The normalized spacial score (nSPS) is 13.1. The van der Waals surface area contributed by atoms with Crippen molar-refractivity contribution in [2.45, 2.75) is 26.2 Å². The fourth-order valence-corrected chi connectivity index (χ4v) is 4.61. The first-order valence-electron chi connectivity index (χ1n) is 9.31. The van der Waals surface area contributed by atoms with Gasteiger partial charge in [-0.3, -0.25) is 4.79 Å². The summed E-state index contributed by atoms with van der Waals surface area (Å²) >= 11 is 5.06. The molecule has 0 atom stereocenters. The number of benzene rings is 2. The van der Waals surface area contributed by atoms with E-state index in [0.29, 0.717) is 16.7 Å². The average Bonchev–Trinajstić information content (AvgIpc) is 3.23. The number of allylic oxidation sites excluding steroid dienone is 1. The maximum absolute atomic E-state index is 12.7. The molecule has 1 aliphatic rings. The lowest BCUT2D eigenvalue weighted by Crippen LogP contribution is -2.00. The van der Waals surface area contributed by atoms with Crippen molar-refractivity contribution in [1.29, 1.82) is 0 Å². The topological polar surface area (TPSA) is 39.2 Å². The van der Waals surface area contributed by atoms with Crippen molar-refractivity contribution >= 4 is 38.6 Å². The van der Waals surface area contributed by atoms with Gasteiger partial charge in [-0.25, -0.2) is 4.98 Å². The number of nitrogens with zero attached hydrogens (tertiary/aromatic N) is 1. The summed E-state index contributed by atoms with van der Waals surface area (Å²) < 4.78 is 6.48. The summed E-state index contributed by atoms with van der Waals surface area (Å²) in [5.41, 5.74) is 6.52. The largest absolute Gasteiger partial charge is 0.494 e. The first-order valence-corrected chi connectivity index (χ1v) is 11.0. The standard InChI is InChI=1S/C23H20BrNO2S/c1-15-22(25-14-28-15)20-18-11-10-17(13-19(18)23(26)21(20)24)27-12-6-5-9-16-7-3-2-4-8-16/h2-4,7-8,10-11,13-14H,5-6,9,12H2,1H3. The summed E-state index contributed by atoms with van der Waals surface area (Å²) in [6.45, 7) is 2.67. The Balaban J connectivity index is 1.40. The van der Waals surface area contributed by atoms with E-state index < -0.39 is 0 Å². The molecule has 0 saturated heterocycles. The van der Waals surface area contributed by atoms with Gasteiger partial charge in [0.1, 0.15) is 5.75 Å². The highest BCUT2D eigenvalue weighted by Crippen LogP contribution is 2.42. The van der Waals surface area contributed by atoms with Crippen molar-refractivity contribution in [3.63, 3.8) is 0 Å². The summed E-state index contributed by atoms with van der Waals surface area (Å²) in [7, 11) is 0. The number of halogens is 1. The van der Waals surface area contributed by atoms with Gasteiger partial charge in [-0.1, -0.05) is 30.3 Å². The minimum absolute atomic E-state index is 0.00747. The molecule has 1 heterocycles. The summed E-state index contributed by atoms with van der Waals surface area (Å²) in [5, 5.41) is 0. The number of unbranched alkanes of at least 4 members (excludes halogenated alkanes) is 1. The third-order valence-electron chi connectivity index (χ3n) is 4.88. The Labute approximate surface area is 177 Å². The van der Waals surface area contributed by atoms with Gasteiger partial charge >= 0.3 is 0 Å². The van der Waals surface area contributed by atoms with E-state index in [1.54, 1.807) is 11.3 Å². The smallest absolute Gasteiger partial charge is 0.201 e. The summed E-state index contributed by atoms with van der Waals surface area (Å²) in [6, 6.07) is 16.2. The third kappa shape index (κ3) is 3.82. The molecule has 0 unspecified atom stereocenters. The van der Waals surface area contributed by atoms with Crippen LogP contribution in [0.1, 0.15) is 44.9 Å². The summed E-state index contributed by atoms with van der Waals surface area (Å²) in [6.07, 6.45) is 3.11. The van der Waals surface area contributed by atoms with Crippen molar-refractivity contribution in [1.82, 2.24) is 4.98 Å². The van der Waals surface area contributed by atoms with Crippen LogP contribution >= 0.6 is 27.3 Å². The predicted octanol–water partition coefficient (Wildman–Crippen LogP) is 6.20. The second-order valence-electron chi connectivity index (χ2n) is 6.77. The van der Waals surface area contributed by atoms with Gasteiger partial charge in [0.2, 0.25) is 5.78 Å². The average molecular weight is 454 g/mol. The Hall–Kier alpha value is -2.24. The van der Waals surface area contributed by atoms with Crippen LogP contribution in [0.3, 0.4) is 0 Å². The molecule has 0 spiro atoms.